The summed E-state index contributed by atoms with van der Waals surface area (Å²) in [4.78, 5) is 22.9. The molecular formula is C11H19NO6. The summed E-state index contributed by atoms with van der Waals surface area (Å²) >= 11 is 0. The van der Waals surface area contributed by atoms with Crippen molar-refractivity contribution in [1.29, 1.82) is 0 Å². The Kier molecular flexibility index (Phi) is 5.06. The zero-order chi connectivity index (χ0) is 13.8. The molecule has 0 bridgehead atoms. The molecule has 1 amide bonds. The summed E-state index contributed by atoms with van der Waals surface area (Å²) in [7, 11) is 0. The molecule has 0 spiro atoms. The fourth-order valence-corrected chi connectivity index (χ4v) is 2.19. The molecule has 5 N–H and O–H groups in total. The van der Waals surface area contributed by atoms with Crippen LogP contribution in [0.5, 0.6) is 0 Å². The number of carboxylic acid groups (broad SMARTS) is 1. The van der Waals surface area contributed by atoms with Crippen LogP contribution in [0.1, 0.15) is 19.3 Å². The molecule has 18 heavy (non-hydrogen) atoms. The Morgan fingerprint density at radius 1 is 1.06 bits per heavy atom. The van der Waals surface area contributed by atoms with E-state index in [9.17, 15) is 9.59 Å². The van der Waals surface area contributed by atoms with Gasteiger partial charge < -0.3 is 25.7 Å². The summed E-state index contributed by atoms with van der Waals surface area (Å²) in [6, 6.07) is 0. The van der Waals surface area contributed by atoms with Crippen LogP contribution in [0.15, 0.2) is 0 Å². The highest BCUT2D eigenvalue weighted by molar-refractivity contribution is 5.85. The lowest BCUT2D eigenvalue weighted by Gasteiger charge is -2.30. The number of aliphatic carboxylic acids is 1. The fraction of sp³-hybridized carbons (Fsp3) is 0.818. The number of carbonyl (C=O) groups excluding carboxylic acids is 1. The number of hydrogen-bond donors (Lipinski definition) is 5. The second kappa shape index (κ2) is 6.12. The third kappa shape index (κ3) is 2.98. The van der Waals surface area contributed by atoms with Gasteiger partial charge >= 0.3 is 5.97 Å². The van der Waals surface area contributed by atoms with E-state index in [1.807, 2.05) is 0 Å². The van der Waals surface area contributed by atoms with Crippen molar-refractivity contribution in [2.75, 3.05) is 19.8 Å². The number of aliphatic hydroxyl groups excluding tert-OH is 3. The van der Waals surface area contributed by atoms with Crippen molar-refractivity contribution in [2.24, 2.45) is 11.8 Å². The molecule has 2 atom stereocenters. The maximum Gasteiger partial charge on any atom is 0.307 e. The van der Waals surface area contributed by atoms with E-state index in [1.165, 1.54) is 0 Å². The minimum Gasteiger partial charge on any atom is -0.481 e. The predicted molar refractivity (Wildman–Crippen MR) is 60.6 cm³/mol. The summed E-state index contributed by atoms with van der Waals surface area (Å²) < 4.78 is 0. The van der Waals surface area contributed by atoms with E-state index in [4.69, 9.17) is 20.4 Å². The van der Waals surface area contributed by atoms with Gasteiger partial charge in [0.1, 0.15) is 5.54 Å². The zero-order valence-electron chi connectivity index (χ0n) is 10.0. The number of rotatable bonds is 6. The van der Waals surface area contributed by atoms with Gasteiger partial charge in [0.2, 0.25) is 5.91 Å². The molecule has 1 rings (SSSR count). The lowest BCUT2D eigenvalue weighted by Crippen LogP contribution is -2.58. The highest BCUT2D eigenvalue weighted by atomic mass is 16.4. The summed E-state index contributed by atoms with van der Waals surface area (Å²) in [6.45, 7) is -1.84. The first kappa shape index (κ1) is 14.9. The molecule has 0 aromatic rings. The van der Waals surface area contributed by atoms with E-state index in [2.05, 4.69) is 5.32 Å². The van der Waals surface area contributed by atoms with Crippen molar-refractivity contribution in [1.82, 2.24) is 5.32 Å². The van der Waals surface area contributed by atoms with Crippen LogP contribution >= 0.6 is 0 Å². The van der Waals surface area contributed by atoms with Gasteiger partial charge in [-0.25, -0.2) is 0 Å². The standard InChI is InChI=1S/C11H19NO6/c13-4-11(5-14,6-15)12-9(16)7-2-1-3-8(7)10(17)18/h7-8,13-15H,1-6H2,(H,12,16)(H,17,18)/t7-,8+/m1/s1. The van der Waals surface area contributed by atoms with Crippen LogP contribution in [-0.4, -0.2) is 57.7 Å². The van der Waals surface area contributed by atoms with Gasteiger partial charge in [0.05, 0.1) is 31.7 Å². The maximum atomic E-state index is 11.9. The quantitative estimate of drug-likeness (QED) is 0.388. The molecule has 1 aliphatic carbocycles. The molecule has 7 heteroatoms. The van der Waals surface area contributed by atoms with Crippen LogP contribution in [0.25, 0.3) is 0 Å². The van der Waals surface area contributed by atoms with Gasteiger partial charge in [-0.15, -0.1) is 0 Å². The van der Waals surface area contributed by atoms with E-state index in [-0.39, 0.29) is 0 Å². The maximum absolute atomic E-state index is 11.9. The van der Waals surface area contributed by atoms with Gasteiger partial charge in [-0.05, 0) is 12.8 Å². The molecule has 7 nitrogen and oxygen atoms in total. The Labute approximate surface area is 104 Å². The van der Waals surface area contributed by atoms with Gasteiger partial charge in [0.25, 0.3) is 0 Å². The molecular weight excluding hydrogens is 242 g/mol. The zero-order valence-corrected chi connectivity index (χ0v) is 10.0. The van der Waals surface area contributed by atoms with Gasteiger partial charge in [-0.2, -0.15) is 0 Å². The average molecular weight is 261 g/mol. The van der Waals surface area contributed by atoms with E-state index in [1.54, 1.807) is 0 Å². The van der Waals surface area contributed by atoms with Crippen molar-refractivity contribution in [3.63, 3.8) is 0 Å². The summed E-state index contributed by atoms with van der Waals surface area (Å²) in [6.07, 6.45) is 1.55. The van der Waals surface area contributed by atoms with Crippen LogP contribution in [-0.2, 0) is 9.59 Å². The molecule has 0 aliphatic heterocycles. The highest BCUT2D eigenvalue weighted by Gasteiger charge is 2.40. The van der Waals surface area contributed by atoms with Crippen molar-refractivity contribution in [2.45, 2.75) is 24.8 Å². The van der Waals surface area contributed by atoms with Crippen molar-refractivity contribution < 1.29 is 30.0 Å². The number of carbonyl (C=O) groups is 2. The van der Waals surface area contributed by atoms with Crippen molar-refractivity contribution in [3.05, 3.63) is 0 Å². The molecule has 0 saturated heterocycles. The van der Waals surface area contributed by atoms with Crippen LogP contribution < -0.4 is 5.32 Å². The Hall–Kier alpha value is -1.18. The minimum absolute atomic E-state index is 0.442. The van der Waals surface area contributed by atoms with E-state index in [0.29, 0.717) is 19.3 Å². The van der Waals surface area contributed by atoms with Crippen molar-refractivity contribution >= 4 is 11.9 Å². The van der Waals surface area contributed by atoms with Crippen LogP contribution in [0.2, 0.25) is 0 Å². The second-order valence-electron chi connectivity index (χ2n) is 4.73. The molecule has 0 aromatic heterocycles. The molecule has 1 aliphatic rings. The molecule has 0 radical (unpaired) electrons. The lowest BCUT2D eigenvalue weighted by atomic mass is 9.93. The normalized spacial score (nSPS) is 23.9. The lowest BCUT2D eigenvalue weighted by molar-refractivity contribution is -0.147. The predicted octanol–water partition coefficient (Wildman–Crippen LogP) is -1.68. The van der Waals surface area contributed by atoms with Gasteiger partial charge in [0.15, 0.2) is 0 Å². The van der Waals surface area contributed by atoms with Crippen molar-refractivity contribution in [3.8, 4) is 0 Å². The fourth-order valence-electron chi connectivity index (χ4n) is 2.19. The Balaban J connectivity index is 2.72. The number of amides is 1. The minimum atomic E-state index is -1.50. The van der Waals surface area contributed by atoms with Gasteiger partial charge in [-0.3, -0.25) is 9.59 Å². The smallest absolute Gasteiger partial charge is 0.307 e. The first-order chi connectivity index (χ1) is 8.49. The van der Waals surface area contributed by atoms with E-state index < -0.39 is 49.1 Å². The first-order valence-electron chi connectivity index (χ1n) is 5.87. The molecule has 0 aromatic carbocycles. The molecule has 1 fully saturated rings. The van der Waals surface area contributed by atoms with Gasteiger partial charge in [0, 0.05) is 0 Å². The number of hydrogen-bond acceptors (Lipinski definition) is 5. The second-order valence-corrected chi connectivity index (χ2v) is 4.73. The van der Waals surface area contributed by atoms with Crippen LogP contribution in [0.4, 0.5) is 0 Å². The number of aliphatic hydroxyl groups is 3. The van der Waals surface area contributed by atoms with Crippen LogP contribution in [0, 0.1) is 11.8 Å². The topological polar surface area (TPSA) is 127 Å². The Morgan fingerprint density at radius 3 is 2.00 bits per heavy atom. The number of nitrogens with one attached hydrogen (secondary N) is 1. The third-order valence-corrected chi connectivity index (χ3v) is 3.47. The summed E-state index contributed by atoms with van der Waals surface area (Å²) in [5, 5.41) is 38.6. The summed E-state index contributed by atoms with van der Waals surface area (Å²) in [5.41, 5.74) is -1.50. The monoisotopic (exact) mass is 261 g/mol. The third-order valence-electron chi connectivity index (χ3n) is 3.47. The highest BCUT2D eigenvalue weighted by Crippen LogP contribution is 2.32. The average Bonchev–Trinajstić information content (AvgIpc) is 2.85. The largest absolute Gasteiger partial charge is 0.481 e. The number of carboxylic acids is 1. The van der Waals surface area contributed by atoms with E-state index in [0.717, 1.165) is 0 Å². The Morgan fingerprint density at radius 2 is 1.56 bits per heavy atom. The molecule has 1 saturated carbocycles. The van der Waals surface area contributed by atoms with E-state index >= 15 is 0 Å². The molecule has 104 valence electrons. The van der Waals surface area contributed by atoms with Crippen LogP contribution in [0.3, 0.4) is 0 Å². The molecule has 0 unspecified atom stereocenters. The SMILES string of the molecule is O=C(O)[C@H]1CCC[C@H]1C(=O)NC(CO)(CO)CO. The van der Waals surface area contributed by atoms with Gasteiger partial charge in [-0.1, -0.05) is 6.42 Å². The Bertz CT molecular complexity index is 306. The molecule has 0 heterocycles. The first-order valence-corrected chi connectivity index (χ1v) is 5.87. The summed E-state index contributed by atoms with van der Waals surface area (Å²) in [5.74, 6) is -2.97.